The van der Waals surface area contributed by atoms with Gasteiger partial charge in [-0.25, -0.2) is 13.6 Å². The van der Waals surface area contributed by atoms with Crippen LogP contribution in [-0.2, 0) is 11.3 Å². The van der Waals surface area contributed by atoms with Gasteiger partial charge < -0.3 is 19.3 Å². The molecule has 1 aromatic carbocycles. The summed E-state index contributed by atoms with van der Waals surface area (Å²) in [6.07, 6.45) is 1.88. The highest BCUT2D eigenvalue weighted by Gasteiger charge is 2.35. The first-order chi connectivity index (χ1) is 14.2. The first-order valence-electron chi connectivity index (χ1n) is 10.0. The Hall–Kier alpha value is -2.90. The van der Waals surface area contributed by atoms with E-state index in [9.17, 15) is 18.4 Å². The predicted octanol–water partition coefficient (Wildman–Crippen LogP) is 3.34. The smallest absolute Gasteiger partial charge is 0.319 e. The molecule has 0 radical (unpaired) electrons. The van der Waals surface area contributed by atoms with E-state index in [4.69, 9.17) is 0 Å². The Bertz CT molecular complexity index is 926. The van der Waals surface area contributed by atoms with Crippen LogP contribution in [0.5, 0.6) is 0 Å². The number of carbonyl (C=O) groups excluding carboxylic acids is 2. The Morgan fingerprint density at radius 1 is 1.17 bits per heavy atom. The minimum atomic E-state index is -0.698. The second-order valence-corrected chi connectivity index (χ2v) is 8.23. The number of aromatic nitrogens is 1. The Morgan fingerprint density at radius 2 is 1.90 bits per heavy atom. The average Bonchev–Trinajstić information content (AvgIpc) is 3.14. The van der Waals surface area contributed by atoms with Gasteiger partial charge in [-0.3, -0.25) is 4.79 Å². The van der Waals surface area contributed by atoms with Gasteiger partial charge in [-0.2, -0.15) is 0 Å². The Labute approximate surface area is 175 Å². The van der Waals surface area contributed by atoms with Gasteiger partial charge >= 0.3 is 6.03 Å². The number of hydrogen-bond acceptors (Lipinski definition) is 2. The molecule has 162 valence electrons. The molecule has 1 aliphatic rings. The van der Waals surface area contributed by atoms with Gasteiger partial charge in [0.15, 0.2) is 0 Å². The molecule has 1 aliphatic heterocycles. The molecule has 2 aromatic rings. The van der Waals surface area contributed by atoms with Gasteiger partial charge in [0, 0.05) is 57.3 Å². The molecule has 0 bridgehead atoms. The molecule has 30 heavy (non-hydrogen) atoms. The lowest BCUT2D eigenvalue weighted by atomic mass is 9.99. The first-order valence-corrected chi connectivity index (χ1v) is 10.0. The fourth-order valence-corrected chi connectivity index (χ4v) is 3.89. The van der Waals surface area contributed by atoms with Crippen LogP contribution in [0.25, 0.3) is 0 Å². The van der Waals surface area contributed by atoms with E-state index in [0.29, 0.717) is 19.6 Å². The van der Waals surface area contributed by atoms with Crippen LogP contribution < -0.4 is 0 Å². The first kappa shape index (κ1) is 21.8. The molecule has 0 aliphatic carbocycles. The van der Waals surface area contributed by atoms with Crippen molar-refractivity contribution in [3.63, 3.8) is 0 Å². The summed E-state index contributed by atoms with van der Waals surface area (Å²) in [5.41, 5.74) is 0.994. The van der Waals surface area contributed by atoms with Crippen LogP contribution >= 0.6 is 0 Å². The third kappa shape index (κ3) is 4.47. The van der Waals surface area contributed by atoms with Crippen LogP contribution in [0, 0.1) is 17.6 Å². The molecular formula is C22H28F2N4O2. The fourth-order valence-electron chi connectivity index (χ4n) is 3.89. The summed E-state index contributed by atoms with van der Waals surface area (Å²) < 4.78 is 30.1. The van der Waals surface area contributed by atoms with Crippen molar-refractivity contribution in [2.24, 2.45) is 5.92 Å². The number of carbonyl (C=O) groups is 2. The summed E-state index contributed by atoms with van der Waals surface area (Å²) in [5, 5.41) is 0. The molecule has 3 rings (SSSR count). The van der Waals surface area contributed by atoms with Crippen molar-refractivity contribution in [2.45, 2.75) is 26.4 Å². The summed E-state index contributed by atoms with van der Waals surface area (Å²) in [4.78, 5) is 30.4. The Balaban J connectivity index is 1.94. The Kier molecular flexibility index (Phi) is 6.43. The number of fused-ring (bicyclic) bond motifs is 1. The molecule has 1 aromatic heterocycles. The molecule has 1 atom stereocenters. The highest BCUT2D eigenvalue weighted by molar-refractivity contribution is 5.84. The van der Waals surface area contributed by atoms with Gasteiger partial charge in [0.1, 0.15) is 24.2 Å². The van der Waals surface area contributed by atoms with Crippen LogP contribution in [0.4, 0.5) is 13.6 Å². The van der Waals surface area contributed by atoms with Crippen molar-refractivity contribution >= 4 is 11.9 Å². The van der Waals surface area contributed by atoms with E-state index in [1.165, 1.54) is 21.9 Å². The van der Waals surface area contributed by atoms with Gasteiger partial charge in [0.25, 0.3) is 0 Å². The lowest BCUT2D eigenvalue weighted by Crippen LogP contribution is -2.50. The predicted molar refractivity (Wildman–Crippen MR) is 110 cm³/mol. The lowest BCUT2D eigenvalue weighted by Gasteiger charge is -2.39. The molecule has 0 N–H and O–H groups in total. The minimum Gasteiger partial charge on any atom is -0.348 e. The Morgan fingerprint density at radius 3 is 2.53 bits per heavy atom. The van der Waals surface area contributed by atoms with E-state index < -0.39 is 17.7 Å². The van der Waals surface area contributed by atoms with Crippen LogP contribution in [0.1, 0.15) is 31.1 Å². The molecule has 3 amide bonds. The van der Waals surface area contributed by atoms with E-state index in [2.05, 4.69) is 0 Å². The molecule has 1 unspecified atom stereocenters. The molecule has 0 spiro atoms. The number of hydrogen-bond donors (Lipinski definition) is 0. The number of halogens is 2. The lowest BCUT2D eigenvalue weighted by molar-refractivity contribution is -0.134. The maximum absolute atomic E-state index is 14.7. The van der Waals surface area contributed by atoms with E-state index in [1.807, 2.05) is 36.7 Å². The van der Waals surface area contributed by atoms with Crippen LogP contribution in [0.15, 0.2) is 36.5 Å². The van der Waals surface area contributed by atoms with Crippen molar-refractivity contribution in [2.75, 3.05) is 33.7 Å². The molecular weight excluding hydrogens is 390 g/mol. The monoisotopic (exact) mass is 418 g/mol. The minimum absolute atomic E-state index is 0.102. The summed E-state index contributed by atoms with van der Waals surface area (Å²) in [6, 6.07) is 6.17. The van der Waals surface area contributed by atoms with Gasteiger partial charge in [0.05, 0.1) is 0 Å². The maximum atomic E-state index is 14.7. The van der Waals surface area contributed by atoms with Crippen LogP contribution in [0.3, 0.4) is 0 Å². The van der Waals surface area contributed by atoms with E-state index in [0.717, 1.165) is 11.8 Å². The highest BCUT2D eigenvalue weighted by Crippen LogP contribution is 2.34. The van der Waals surface area contributed by atoms with Crippen molar-refractivity contribution in [3.8, 4) is 0 Å². The second kappa shape index (κ2) is 8.85. The maximum Gasteiger partial charge on any atom is 0.319 e. The standard InChI is InChI=1S/C22H28F2N4O2/c1-15(2)13-27(22(30)25(3)4)14-20(29)28-11-10-26-9-5-6-19(26)21(28)17-8-7-16(23)12-18(17)24/h5-9,12,15,21H,10-11,13-14H2,1-4H3. The van der Waals surface area contributed by atoms with Crippen LogP contribution in [0.2, 0.25) is 0 Å². The van der Waals surface area contributed by atoms with E-state index >= 15 is 0 Å². The summed E-state index contributed by atoms with van der Waals surface area (Å²) in [7, 11) is 3.29. The molecule has 0 saturated heterocycles. The second-order valence-electron chi connectivity index (χ2n) is 8.23. The normalized spacial score (nSPS) is 15.8. The quantitative estimate of drug-likeness (QED) is 0.748. The van der Waals surface area contributed by atoms with Crippen molar-refractivity contribution in [1.29, 1.82) is 0 Å². The largest absolute Gasteiger partial charge is 0.348 e. The van der Waals surface area contributed by atoms with Gasteiger partial charge in [0.2, 0.25) is 5.91 Å². The summed E-state index contributed by atoms with van der Waals surface area (Å²) >= 11 is 0. The van der Waals surface area contributed by atoms with Crippen molar-refractivity contribution < 1.29 is 18.4 Å². The number of nitrogens with zero attached hydrogens (tertiary/aromatic N) is 4. The van der Waals surface area contributed by atoms with Gasteiger partial charge in [-0.15, -0.1) is 0 Å². The number of benzene rings is 1. The summed E-state index contributed by atoms with van der Waals surface area (Å²) in [5.74, 6) is -1.45. The third-order valence-corrected chi connectivity index (χ3v) is 5.18. The average molecular weight is 418 g/mol. The fraction of sp³-hybridized carbons (Fsp3) is 0.455. The van der Waals surface area contributed by atoms with E-state index in [-0.39, 0.29) is 30.0 Å². The zero-order chi connectivity index (χ0) is 22.0. The van der Waals surface area contributed by atoms with Gasteiger partial charge in [-0.05, 0) is 24.1 Å². The number of urea groups is 1. The SMILES string of the molecule is CC(C)CN(CC(=O)N1CCn2cccc2C1c1ccc(F)cc1F)C(=O)N(C)C. The number of amides is 3. The number of rotatable bonds is 5. The molecule has 6 nitrogen and oxygen atoms in total. The third-order valence-electron chi connectivity index (χ3n) is 5.18. The summed E-state index contributed by atoms with van der Waals surface area (Å²) in [6.45, 7) is 5.22. The van der Waals surface area contributed by atoms with Crippen LogP contribution in [-0.4, -0.2) is 64.9 Å². The molecule has 8 heteroatoms. The topological polar surface area (TPSA) is 48.8 Å². The zero-order valence-corrected chi connectivity index (χ0v) is 17.8. The van der Waals surface area contributed by atoms with Gasteiger partial charge in [-0.1, -0.05) is 19.9 Å². The zero-order valence-electron chi connectivity index (χ0n) is 17.8. The van der Waals surface area contributed by atoms with E-state index in [1.54, 1.807) is 19.0 Å². The molecule has 2 heterocycles. The molecule has 0 fully saturated rings. The van der Waals surface area contributed by atoms with Crippen molar-refractivity contribution in [1.82, 2.24) is 19.3 Å². The van der Waals surface area contributed by atoms with Crippen molar-refractivity contribution in [3.05, 3.63) is 59.4 Å². The molecule has 0 saturated carbocycles. The highest BCUT2D eigenvalue weighted by atomic mass is 19.1.